The van der Waals surface area contributed by atoms with E-state index in [1.165, 1.54) is 0 Å². The molecular weight excluding hydrogens is 262 g/mol. The van der Waals surface area contributed by atoms with Crippen molar-refractivity contribution in [2.24, 2.45) is 0 Å². The van der Waals surface area contributed by atoms with Crippen molar-refractivity contribution < 1.29 is 23.8 Å². The highest BCUT2D eigenvalue weighted by Crippen LogP contribution is 2.34. The average Bonchev–Trinajstić information content (AvgIpc) is 2.91. The predicted molar refractivity (Wildman–Crippen MR) is 71.2 cm³/mol. The van der Waals surface area contributed by atoms with Crippen LogP contribution in [0.5, 0.6) is 11.5 Å². The minimum Gasteiger partial charge on any atom is -0.490 e. The Morgan fingerprint density at radius 3 is 2.60 bits per heavy atom. The summed E-state index contributed by atoms with van der Waals surface area (Å²) in [6.45, 7) is 4.73. The van der Waals surface area contributed by atoms with Crippen molar-refractivity contribution in [2.75, 3.05) is 13.2 Å². The Morgan fingerprint density at radius 2 is 1.95 bits per heavy atom. The molecule has 1 N–H and O–H groups in total. The lowest BCUT2D eigenvalue weighted by Gasteiger charge is -2.11. The zero-order valence-corrected chi connectivity index (χ0v) is 11.3. The summed E-state index contributed by atoms with van der Waals surface area (Å²) in [5.41, 5.74) is 0.448. The molecule has 0 radical (unpaired) electrons. The van der Waals surface area contributed by atoms with Crippen LogP contribution in [0.1, 0.15) is 24.3 Å². The van der Waals surface area contributed by atoms with Gasteiger partial charge < -0.3 is 19.0 Å². The average molecular weight is 277 g/mol. The quantitative estimate of drug-likeness (QED) is 0.874. The first-order chi connectivity index (χ1) is 9.67. The zero-order valence-electron chi connectivity index (χ0n) is 11.3. The van der Waals surface area contributed by atoms with Gasteiger partial charge in [0.2, 0.25) is 0 Å². The summed E-state index contributed by atoms with van der Waals surface area (Å²) in [4.78, 5) is 14.7. The SMILES string of the molecule is CCOc1ccc(-c2ocnc2C(=O)O)cc1OCC. The van der Waals surface area contributed by atoms with Crippen molar-refractivity contribution in [3.63, 3.8) is 0 Å². The van der Waals surface area contributed by atoms with Gasteiger partial charge in [0.25, 0.3) is 0 Å². The van der Waals surface area contributed by atoms with Gasteiger partial charge in [-0.25, -0.2) is 9.78 Å². The van der Waals surface area contributed by atoms with Crippen LogP contribution in [-0.2, 0) is 0 Å². The fourth-order valence-corrected chi connectivity index (χ4v) is 1.80. The van der Waals surface area contributed by atoms with Crippen LogP contribution in [-0.4, -0.2) is 29.3 Å². The number of oxazole rings is 1. The number of rotatable bonds is 6. The fraction of sp³-hybridized carbons (Fsp3) is 0.286. The van der Waals surface area contributed by atoms with Crippen molar-refractivity contribution in [2.45, 2.75) is 13.8 Å². The minimum absolute atomic E-state index is 0.128. The first-order valence-corrected chi connectivity index (χ1v) is 6.24. The van der Waals surface area contributed by atoms with E-state index in [1.807, 2.05) is 13.8 Å². The van der Waals surface area contributed by atoms with Crippen LogP contribution >= 0.6 is 0 Å². The van der Waals surface area contributed by atoms with E-state index in [0.29, 0.717) is 30.3 Å². The molecule has 1 heterocycles. The zero-order chi connectivity index (χ0) is 14.5. The Kier molecular flexibility index (Phi) is 4.24. The molecule has 0 atom stereocenters. The molecule has 0 aliphatic heterocycles. The molecule has 0 bridgehead atoms. The smallest absolute Gasteiger partial charge is 0.358 e. The number of aromatic nitrogens is 1. The van der Waals surface area contributed by atoms with Gasteiger partial charge in [-0.15, -0.1) is 0 Å². The number of carbonyl (C=O) groups is 1. The lowest BCUT2D eigenvalue weighted by atomic mass is 10.1. The molecule has 6 heteroatoms. The maximum atomic E-state index is 11.1. The third-order valence-electron chi connectivity index (χ3n) is 2.58. The number of nitrogens with zero attached hydrogens (tertiary/aromatic N) is 1. The van der Waals surface area contributed by atoms with E-state index >= 15 is 0 Å². The van der Waals surface area contributed by atoms with E-state index in [0.717, 1.165) is 6.39 Å². The molecule has 0 aliphatic rings. The molecule has 106 valence electrons. The minimum atomic E-state index is -1.14. The van der Waals surface area contributed by atoms with Crippen LogP contribution in [0.15, 0.2) is 29.0 Å². The van der Waals surface area contributed by atoms with Gasteiger partial charge in [0, 0.05) is 5.56 Å². The molecule has 1 aromatic carbocycles. The normalized spacial score (nSPS) is 10.3. The second kappa shape index (κ2) is 6.10. The monoisotopic (exact) mass is 277 g/mol. The van der Waals surface area contributed by atoms with Crippen molar-refractivity contribution >= 4 is 5.97 Å². The van der Waals surface area contributed by atoms with E-state index in [2.05, 4.69) is 4.98 Å². The van der Waals surface area contributed by atoms with Crippen LogP contribution in [0.4, 0.5) is 0 Å². The lowest BCUT2D eigenvalue weighted by Crippen LogP contribution is -2.00. The summed E-state index contributed by atoms with van der Waals surface area (Å²) in [6, 6.07) is 5.11. The van der Waals surface area contributed by atoms with E-state index in [1.54, 1.807) is 18.2 Å². The van der Waals surface area contributed by atoms with Gasteiger partial charge in [0.1, 0.15) is 0 Å². The highest BCUT2D eigenvalue weighted by atomic mass is 16.5. The van der Waals surface area contributed by atoms with Crippen molar-refractivity contribution in [3.8, 4) is 22.8 Å². The summed E-state index contributed by atoms with van der Waals surface area (Å²) < 4.78 is 16.1. The molecule has 0 unspecified atom stereocenters. The highest BCUT2D eigenvalue weighted by molar-refractivity contribution is 5.92. The summed E-state index contributed by atoms with van der Waals surface area (Å²) in [5.74, 6) is 0.205. The Hall–Kier alpha value is -2.50. The molecule has 0 fully saturated rings. The molecule has 0 amide bonds. The standard InChI is InChI=1S/C14H15NO5/c1-3-18-10-6-5-9(7-11(10)19-4-2)13-12(14(16)17)15-8-20-13/h5-8H,3-4H2,1-2H3,(H,16,17). The summed E-state index contributed by atoms with van der Waals surface area (Å²) >= 11 is 0. The van der Waals surface area contributed by atoms with Crippen molar-refractivity contribution in [3.05, 3.63) is 30.3 Å². The van der Waals surface area contributed by atoms with Crippen LogP contribution in [0.2, 0.25) is 0 Å². The largest absolute Gasteiger partial charge is 0.490 e. The fourth-order valence-electron chi connectivity index (χ4n) is 1.80. The molecule has 0 saturated carbocycles. The summed E-state index contributed by atoms with van der Waals surface area (Å²) in [7, 11) is 0. The van der Waals surface area contributed by atoms with E-state index in [9.17, 15) is 4.79 Å². The first kappa shape index (κ1) is 13.9. The van der Waals surface area contributed by atoms with E-state index in [4.69, 9.17) is 19.0 Å². The number of carboxylic acids is 1. The van der Waals surface area contributed by atoms with Crippen molar-refractivity contribution in [1.82, 2.24) is 4.98 Å². The molecule has 0 aliphatic carbocycles. The van der Waals surface area contributed by atoms with Gasteiger partial charge in [-0.1, -0.05) is 0 Å². The number of hydrogen-bond acceptors (Lipinski definition) is 5. The Labute approximate surface area is 116 Å². The number of carboxylic acid groups (broad SMARTS) is 1. The topological polar surface area (TPSA) is 81.8 Å². The van der Waals surface area contributed by atoms with Gasteiger partial charge in [-0.2, -0.15) is 0 Å². The molecule has 1 aromatic heterocycles. The van der Waals surface area contributed by atoms with Gasteiger partial charge in [0.05, 0.1) is 13.2 Å². The number of benzene rings is 1. The third-order valence-corrected chi connectivity index (χ3v) is 2.58. The predicted octanol–water partition coefficient (Wildman–Crippen LogP) is 2.84. The molecule has 0 saturated heterocycles. The Bertz CT molecular complexity index is 605. The second-order valence-electron chi connectivity index (χ2n) is 3.86. The van der Waals surface area contributed by atoms with Gasteiger partial charge in [-0.05, 0) is 32.0 Å². The maximum absolute atomic E-state index is 11.1. The van der Waals surface area contributed by atoms with Gasteiger partial charge in [0.15, 0.2) is 29.3 Å². The second-order valence-corrected chi connectivity index (χ2v) is 3.86. The number of aromatic carboxylic acids is 1. The number of ether oxygens (including phenoxy) is 2. The Balaban J connectivity index is 2.44. The van der Waals surface area contributed by atoms with Crippen LogP contribution < -0.4 is 9.47 Å². The van der Waals surface area contributed by atoms with Crippen LogP contribution in [0.3, 0.4) is 0 Å². The molecule has 20 heavy (non-hydrogen) atoms. The molecule has 6 nitrogen and oxygen atoms in total. The summed E-state index contributed by atoms with van der Waals surface area (Å²) in [5, 5.41) is 9.05. The van der Waals surface area contributed by atoms with E-state index in [-0.39, 0.29) is 11.5 Å². The third kappa shape index (κ3) is 2.74. The first-order valence-electron chi connectivity index (χ1n) is 6.24. The lowest BCUT2D eigenvalue weighted by molar-refractivity contribution is 0.0691. The van der Waals surface area contributed by atoms with Crippen LogP contribution in [0.25, 0.3) is 11.3 Å². The van der Waals surface area contributed by atoms with Gasteiger partial charge in [-0.3, -0.25) is 0 Å². The van der Waals surface area contributed by atoms with Crippen LogP contribution in [0, 0.1) is 0 Å². The molecule has 0 spiro atoms. The van der Waals surface area contributed by atoms with E-state index < -0.39 is 5.97 Å². The molecule has 2 aromatic rings. The molecule has 2 rings (SSSR count). The molecular formula is C14H15NO5. The number of hydrogen-bond donors (Lipinski definition) is 1. The van der Waals surface area contributed by atoms with Gasteiger partial charge >= 0.3 is 5.97 Å². The maximum Gasteiger partial charge on any atom is 0.358 e. The Morgan fingerprint density at radius 1 is 1.25 bits per heavy atom. The summed E-state index contributed by atoms with van der Waals surface area (Å²) in [6.07, 6.45) is 1.11. The highest BCUT2D eigenvalue weighted by Gasteiger charge is 2.18. The van der Waals surface area contributed by atoms with Crippen molar-refractivity contribution in [1.29, 1.82) is 0 Å².